The third-order valence-electron chi connectivity index (χ3n) is 2.58. The molecule has 4 nitrogen and oxygen atoms in total. The van der Waals surface area contributed by atoms with E-state index in [1.54, 1.807) is 6.92 Å². The minimum atomic E-state index is -0.374. The van der Waals surface area contributed by atoms with Gasteiger partial charge in [0.25, 0.3) is 0 Å². The van der Waals surface area contributed by atoms with Crippen molar-refractivity contribution in [3.05, 3.63) is 0 Å². The van der Waals surface area contributed by atoms with Crippen molar-refractivity contribution in [3.63, 3.8) is 0 Å². The normalized spacial score (nSPS) is 29.6. The van der Waals surface area contributed by atoms with E-state index in [0.29, 0.717) is 6.42 Å². The van der Waals surface area contributed by atoms with Crippen molar-refractivity contribution in [1.29, 1.82) is 0 Å². The molecule has 0 bridgehead atoms. The molecule has 0 aromatic rings. The lowest BCUT2D eigenvalue weighted by molar-refractivity contribution is -0.123. The molecule has 14 heavy (non-hydrogen) atoms. The van der Waals surface area contributed by atoms with Crippen molar-refractivity contribution in [3.8, 4) is 0 Å². The minimum absolute atomic E-state index is 0.0500. The first-order chi connectivity index (χ1) is 6.59. The largest absolute Gasteiger partial charge is 0.391 e. The third-order valence-corrected chi connectivity index (χ3v) is 2.58. The zero-order valence-corrected chi connectivity index (χ0v) is 8.70. The fraction of sp³-hybridized carbons (Fsp3) is 0.900. The Morgan fingerprint density at radius 2 is 2.21 bits per heavy atom. The molecule has 1 aliphatic rings. The van der Waals surface area contributed by atoms with Gasteiger partial charge in [0.1, 0.15) is 0 Å². The number of carbonyl (C=O) groups excluding carboxylic acids is 1. The molecule has 1 aliphatic carbocycles. The van der Waals surface area contributed by atoms with E-state index in [2.05, 4.69) is 5.32 Å². The van der Waals surface area contributed by atoms with Gasteiger partial charge in [0.15, 0.2) is 0 Å². The summed E-state index contributed by atoms with van der Waals surface area (Å²) in [5.41, 5.74) is 5.51. The molecule has 0 aromatic heterocycles. The van der Waals surface area contributed by atoms with E-state index in [0.717, 1.165) is 25.7 Å². The van der Waals surface area contributed by atoms with Crippen LogP contribution in [0.2, 0.25) is 0 Å². The molecule has 1 fully saturated rings. The Morgan fingerprint density at radius 1 is 1.57 bits per heavy atom. The number of nitrogens with two attached hydrogens (primary N) is 1. The Kier molecular flexibility index (Phi) is 4.35. The van der Waals surface area contributed by atoms with Gasteiger partial charge < -0.3 is 16.2 Å². The maximum Gasteiger partial charge on any atom is 0.221 e. The van der Waals surface area contributed by atoms with Crippen LogP contribution in [0.25, 0.3) is 0 Å². The van der Waals surface area contributed by atoms with Gasteiger partial charge >= 0.3 is 0 Å². The summed E-state index contributed by atoms with van der Waals surface area (Å²) in [6.45, 7) is 1.80. The second-order valence-electron chi connectivity index (χ2n) is 4.21. The third kappa shape index (κ3) is 3.64. The highest BCUT2D eigenvalue weighted by Crippen LogP contribution is 2.18. The number of aliphatic hydroxyl groups excluding tert-OH is 1. The van der Waals surface area contributed by atoms with Gasteiger partial charge in [-0.15, -0.1) is 0 Å². The van der Waals surface area contributed by atoms with E-state index in [9.17, 15) is 9.90 Å². The molecule has 0 saturated heterocycles. The van der Waals surface area contributed by atoms with Crippen molar-refractivity contribution < 1.29 is 9.90 Å². The predicted octanol–water partition coefficient (Wildman–Crippen LogP) is 0.143. The highest BCUT2D eigenvalue weighted by atomic mass is 16.3. The van der Waals surface area contributed by atoms with Crippen molar-refractivity contribution in [1.82, 2.24) is 5.32 Å². The molecule has 0 spiro atoms. The molecule has 0 aliphatic heterocycles. The van der Waals surface area contributed by atoms with Crippen LogP contribution in [0.15, 0.2) is 0 Å². The highest BCUT2D eigenvalue weighted by molar-refractivity contribution is 5.76. The van der Waals surface area contributed by atoms with E-state index in [1.165, 1.54) is 0 Å². The second kappa shape index (κ2) is 5.32. The molecular weight excluding hydrogens is 180 g/mol. The number of hydrogen-bond donors (Lipinski definition) is 3. The molecule has 4 N–H and O–H groups in total. The maximum absolute atomic E-state index is 11.4. The lowest BCUT2D eigenvalue weighted by atomic mass is 9.92. The van der Waals surface area contributed by atoms with Crippen molar-refractivity contribution in [2.24, 2.45) is 5.73 Å². The van der Waals surface area contributed by atoms with Crippen LogP contribution in [-0.2, 0) is 4.79 Å². The van der Waals surface area contributed by atoms with E-state index >= 15 is 0 Å². The fourth-order valence-corrected chi connectivity index (χ4v) is 1.84. The average Bonchev–Trinajstić information content (AvgIpc) is 2.07. The highest BCUT2D eigenvalue weighted by Gasteiger charge is 2.24. The van der Waals surface area contributed by atoms with E-state index in [4.69, 9.17) is 5.73 Å². The van der Waals surface area contributed by atoms with Crippen LogP contribution in [-0.4, -0.2) is 29.2 Å². The molecule has 82 valence electrons. The lowest BCUT2D eigenvalue weighted by Gasteiger charge is -2.28. The smallest absolute Gasteiger partial charge is 0.221 e. The monoisotopic (exact) mass is 200 g/mol. The van der Waals surface area contributed by atoms with Crippen LogP contribution < -0.4 is 11.1 Å². The minimum Gasteiger partial charge on any atom is -0.391 e. The zero-order valence-electron chi connectivity index (χ0n) is 8.70. The topological polar surface area (TPSA) is 75.4 Å². The summed E-state index contributed by atoms with van der Waals surface area (Å²) in [6.07, 6.45) is 3.78. The standard InChI is InChI=1S/C10H20N2O2/c1-7(11)6-10(14)12-8-4-2-3-5-9(8)13/h7-9,13H,2-6,11H2,1H3,(H,12,14)/t7?,8-,9-/m0/s1. The van der Waals surface area contributed by atoms with Crippen molar-refractivity contribution >= 4 is 5.91 Å². The molecule has 1 unspecified atom stereocenters. The summed E-state index contributed by atoms with van der Waals surface area (Å²) in [6, 6.07) is -0.175. The first-order valence-electron chi connectivity index (χ1n) is 5.32. The summed E-state index contributed by atoms with van der Waals surface area (Å²) in [7, 11) is 0. The van der Waals surface area contributed by atoms with Gasteiger partial charge in [-0.2, -0.15) is 0 Å². The van der Waals surface area contributed by atoms with Crippen LogP contribution in [0.4, 0.5) is 0 Å². The molecule has 0 radical (unpaired) electrons. The van der Waals surface area contributed by atoms with Crippen LogP contribution in [0.3, 0.4) is 0 Å². The lowest BCUT2D eigenvalue weighted by Crippen LogP contribution is -2.46. The number of aliphatic hydroxyl groups is 1. The Bertz CT molecular complexity index is 195. The fourth-order valence-electron chi connectivity index (χ4n) is 1.84. The number of rotatable bonds is 3. The van der Waals surface area contributed by atoms with Crippen LogP contribution in [0.5, 0.6) is 0 Å². The van der Waals surface area contributed by atoms with Gasteiger partial charge in [-0.25, -0.2) is 0 Å². The quantitative estimate of drug-likeness (QED) is 0.606. The zero-order chi connectivity index (χ0) is 10.6. The maximum atomic E-state index is 11.4. The molecular formula is C10H20N2O2. The molecule has 1 rings (SSSR count). The van der Waals surface area contributed by atoms with Crippen LogP contribution in [0.1, 0.15) is 39.0 Å². The Morgan fingerprint density at radius 3 is 2.79 bits per heavy atom. The Labute approximate surface area is 84.9 Å². The van der Waals surface area contributed by atoms with E-state index < -0.39 is 0 Å². The SMILES string of the molecule is CC(N)CC(=O)N[C@H]1CCCC[C@@H]1O. The molecule has 3 atom stereocenters. The van der Waals surface area contributed by atoms with Gasteiger partial charge in [-0.3, -0.25) is 4.79 Å². The first kappa shape index (κ1) is 11.5. The summed E-state index contributed by atoms with van der Waals surface area (Å²) in [5.74, 6) is -0.0500. The van der Waals surface area contributed by atoms with Crippen LogP contribution in [0, 0.1) is 0 Å². The summed E-state index contributed by atoms with van der Waals surface area (Å²) in [4.78, 5) is 11.4. The summed E-state index contributed by atoms with van der Waals surface area (Å²) >= 11 is 0. The van der Waals surface area contributed by atoms with Crippen molar-refractivity contribution in [2.45, 2.75) is 57.2 Å². The number of nitrogens with one attached hydrogen (secondary N) is 1. The van der Waals surface area contributed by atoms with E-state index in [1.807, 2.05) is 0 Å². The second-order valence-corrected chi connectivity index (χ2v) is 4.21. The van der Waals surface area contributed by atoms with Gasteiger partial charge in [0.2, 0.25) is 5.91 Å². The van der Waals surface area contributed by atoms with Crippen molar-refractivity contribution in [2.75, 3.05) is 0 Å². The van der Waals surface area contributed by atoms with E-state index in [-0.39, 0.29) is 24.1 Å². The number of hydrogen-bond acceptors (Lipinski definition) is 3. The van der Waals surface area contributed by atoms with Gasteiger partial charge in [-0.05, 0) is 19.8 Å². The molecule has 0 aromatic carbocycles. The van der Waals surface area contributed by atoms with Crippen LogP contribution >= 0.6 is 0 Å². The molecule has 4 heteroatoms. The van der Waals surface area contributed by atoms with Gasteiger partial charge in [-0.1, -0.05) is 12.8 Å². The van der Waals surface area contributed by atoms with Gasteiger partial charge in [0.05, 0.1) is 12.1 Å². The Balaban J connectivity index is 2.31. The summed E-state index contributed by atoms with van der Waals surface area (Å²) in [5, 5.41) is 12.4. The molecule has 1 amide bonds. The summed E-state index contributed by atoms with van der Waals surface area (Å²) < 4.78 is 0. The molecule has 0 heterocycles. The first-order valence-corrected chi connectivity index (χ1v) is 5.32. The predicted molar refractivity (Wildman–Crippen MR) is 54.7 cm³/mol. The van der Waals surface area contributed by atoms with Gasteiger partial charge in [0, 0.05) is 12.5 Å². The number of amides is 1. The Hall–Kier alpha value is -0.610. The average molecular weight is 200 g/mol. The molecule has 1 saturated carbocycles. The number of carbonyl (C=O) groups is 1.